The summed E-state index contributed by atoms with van der Waals surface area (Å²) in [6.07, 6.45) is -4.98. The zero-order valence-electron chi connectivity index (χ0n) is 10.5. The number of carbonyl (C=O) groups is 2. The Morgan fingerprint density at radius 2 is 1.58 bits per heavy atom. The molecule has 0 atom stereocenters. The summed E-state index contributed by atoms with van der Waals surface area (Å²) in [6.45, 7) is 3.51. The van der Waals surface area contributed by atoms with Gasteiger partial charge in [-0.15, -0.1) is 0 Å². The SMILES string of the molecule is CC(C)(NC(=O)C(F)(F)F)C(=O)N1CCSSCC1. The summed E-state index contributed by atoms with van der Waals surface area (Å²) in [4.78, 5) is 24.6. The molecule has 4 nitrogen and oxygen atoms in total. The van der Waals surface area contributed by atoms with Gasteiger partial charge in [-0.2, -0.15) is 13.2 Å². The van der Waals surface area contributed by atoms with Crippen LogP contribution in [0.2, 0.25) is 0 Å². The van der Waals surface area contributed by atoms with Crippen molar-refractivity contribution in [3.63, 3.8) is 0 Å². The summed E-state index contributed by atoms with van der Waals surface area (Å²) in [5, 5.41) is 1.74. The van der Waals surface area contributed by atoms with Crippen LogP contribution in [0.25, 0.3) is 0 Å². The maximum absolute atomic E-state index is 12.2. The third kappa shape index (κ3) is 4.79. The lowest BCUT2D eigenvalue weighted by atomic mass is 10.0. The minimum absolute atomic E-state index is 0.474. The summed E-state index contributed by atoms with van der Waals surface area (Å²) in [7, 11) is 3.24. The van der Waals surface area contributed by atoms with Crippen LogP contribution in [0, 0.1) is 0 Å². The molecule has 1 N–H and O–H groups in total. The molecule has 1 rings (SSSR count). The molecule has 0 aliphatic carbocycles. The second kappa shape index (κ2) is 6.25. The molecular weight excluding hydrogens is 301 g/mol. The topological polar surface area (TPSA) is 49.4 Å². The Bertz CT molecular complexity index is 353. The molecule has 0 saturated carbocycles. The van der Waals surface area contributed by atoms with Gasteiger partial charge < -0.3 is 10.2 Å². The summed E-state index contributed by atoms with van der Waals surface area (Å²) < 4.78 is 36.6. The zero-order chi connectivity index (χ0) is 14.7. The van der Waals surface area contributed by atoms with Crippen molar-refractivity contribution in [3.8, 4) is 0 Å². The minimum atomic E-state index is -4.98. The Labute approximate surface area is 117 Å². The van der Waals surface area contributed by atoms with E-state index in [1.54, 1.807) is 26.9 Å². The lowest BCUT2D eigenvalue weighted by molar-refractivity contribution is -0.176. The van der Waals surface area contributed by atoms with Crippen molar-refractivity contribution in [1.29, 1.82) is 0 Å². The van der Waals surface area contributed by atoms with Crippen LogP contribution in [-0.4, -0.2) is 53.0 Å². The van der Waals surface area contributed by atoms with Crippen LogP contribution >= 0.6 is 21.6 Å². The molecule has 1 aliphatic heterocycles. The van der Waals surface area contributed by atoms with Crippen LogP contribution in [0.15, 0.2) is 0 Å². The molecule has 0 aromatic heterocycles. The number of nitrogens with one attached hydrogen (secondary N) is 1. The highest BCUT2D eigenvalue weighted by Crippen LogP contribution is 2.25. The molecule has 1 fully saturated rings. The van der Waals surface area contributed by atoms with Gasteiger partial charge in [0.25, 0.3) is 0 Å². The summed E-state index contributed by atoms with van der Waals surface area (Å²) >= 11 is 0. The van der Waals surface area contributed by atoms with Crippen LogP contribution in [0.5, 0.6) is 0 Å². The fourth-order valence-electron chi connectivity index (χ4n) is 1.53. The molecule has 0 spiro atoms. The third-order valence-electron chi connectivity index (χ3n) is 2.48. The first-order chi connectivity index (χ1) is 8.64. The van der Waals surface area contributed by atoms with Crippen molar-refractivity contribution in [2.45, 2.75) is 25.6 Å². The monoisotopic (exact) mass is 316 g/mol. The quantitative estimate of drug-likeness (QED) is 0.787. The summed E-state index contributed by atoms with van der Waals surface area (Å²) in [6, 6.07) is 0. The van der Waals surface area contributed by atoms with E-state index in [1.807, 2.05) is 0 Å². The molecule has 0 unspecified atom stereocenters. The van der Waals surface area contributed by atoms with Gasteiger partial charge in [-0.05, 0) is 13.8 Å². The van der Waals surface area contributed by atoms with E-state index in [0.717, 1.165) is 11.5 Å². The highest BCUT2D eigenvalue weighted by atomic mass is 33.1. The predicted molar refractivity (Wildman–Crippen MR) is 69.8 cm³/mol. The highest BCUT2D eigenvalue weighted by molar-refractivity contribution is 8.76. The Balaban J connectivity index is 2.69. The van der Waals surface area contributed by atoms with E-state index in [1.165, 1.54) is 18.7 Å². The first-order valence-electron chi connectivity index (χ1n) is 5.58. The fraction of sp³-hybridized carbons (Fsp3) is 0.800. The van der Waals surface area contributed by atoms with E-state index in [2.05, 4.69) is 0 Å². The van der Waals surface area contributed by atoms with Gasteiger partial charge >= 0.3 is 12.1 Å². The van der Waals surface area contributed by atoms with Crippen molar-refractivity contribution < 1.29 is 22.8 Å². The Morgan fingerprint density at radius 3 is 2.00 bits per heavy atom. The summed E-state index contributed by atoms with van der Waals surface area (Å²) in [5.74, 6) is -1.14. The van der Waals surface area contributed by atoms with Crippen LogP contribution < -0.4 is 5.32 Å². The molecular formula is C10H15F3N2O2S2. The smallest absolute Gasteiger partial charge is 0.339 e. The number of carbonyl (C=O) groups excluding carboxylic acids is 2. The van der Waals surface area contributed by atoms with Crippen molar-refractivity contribution in [1.82, 2.24) is 10.2 Å². The maximum atomic E-state index is 12.2. The first kappa shape index (κ1) is 16.5. The molecule has 0 aromatic rings. The molecule has 1 aliphatic rings. The normalized spacial score (nSPS) is 17.8. The average Bonchev–Trinajstić information content (AvgIpc) is 2.54. The number of nitrogens with zero attached hydrogens (tertiary/aromatic N) is 1. The molecule has 0 radical (unpaired) electrons. The Morgan fingerprint density at radius 1 is 1.11 bits per heavy atom. The van der Waals surface area contributed by atoms with Crippen molar-refractivity contribution in [3.05, 3.63) is 0 Å². The van der Waals surface area contributed by atoms with Crippen LogP contribution in [0.4, 0.5) is 13.2 Å². The molecule has 9 heteroatoms. The fourth-order valence-corrected chi connectivity index (χ4v) is 3.51. The predicted octanol–water partition coefficient (Wildman–Crippen LogP) is 1.67. The van der Waals surface area contributed by atoms with E-state index in [9.17, 15) is 22.8 Å². The molecule has 19 heavy (non-hydrogen) atoms. The van der Waals surface area contributed by atoms with Crippen LogP contribution in [0.3, 0.4) is 0 Å². The molecule has 0 aromatic carbocycles. The maximum Gasteiger partial charge on any atom is 0.471 e. The van der Waals surface area contributed by atoms with Crippen molar-refractivity contribution in [2.75, 3.05) is 24.6 Å². The van der Waals surface area contributed by atoms with Gasteiger partial charge in [-0.1, -0.05) is 21.6 Å². The second-order valence-electron chi connectivity index (χ2n) is 4.51. The van der Waals surface area contributed by atoms with Gasteiger partial charge in [-0.3, -0.25) is 9.59 Å². The van der Waals surface area contributed by atoms with Gasteiger partial charge in [0.1, 0.15) is 5.54 Å². The molecule has 0 bridgehead atoms. The number of rotatable bonds is 2. The van der Waals surface area contributed by atoms with Crippen molar-refractivity contribution >= 4 is 33.4 Å². The standard InChI is InChI=1S/C10H15F3N2O2S2/c1-9(2,14-7(16)10(11,12)13)8(17)15-3-5-18-19-6-4-15/h3-6H2,1-2H3,(H,14,16). The Hall–Kier alpha value is -0.570. The molecule has 1 saturated heterocycles. The number of alkyl halides is 3. The number of hydrogen-bond donors (Lipinski definition) is 1. The lowest BCUT2D eigenvalue weighted by Crippen LogP contribution is -2.58. The lowest BCUT2D eigenvalue weighted by Gasteiger charge is -2.31. The van der Waals surface area contributed by atoms with E-state index in [-0.39, 0.29) is 0 Å². The van der Waals surface area contributed by atoms with Crippen LogP contribution in [0.1, 0.15) is 13.8 Å². The highest BCUT2D eigenvalue weighted by Gasteiger charge is 2.44. The number of amides is 2. The van der Waals surface area contributed by atoms with E-state index < -0.39 is 23.5 Å². The molecule has 110 valence electrons. The Kier molecular flexibility index (Phi) is 5.43. The van der Waals surface area contributed by atoms with E-state index >= 15 is 0 Å². The van der Waals surface area contributed by atoms with Gasteiger partial charge in [0.15, 0.2) is 0 Å². The van der Waals surface area contributed by atoms with Crippen LogP contribution in [-0.2, 0) is 9.59 Å². The minimum Gasteiger partial charge on any atom is -0.339 e. The second-order valence-corrected chi connectivity index (χ2v) is 7.22. The average molecular weight is 316 g/mol. The molecule has 1 heterocycles. The first-order valence-corrected chi connectivity index (χ1v) is 8.06. The van der Waals surface area contributed by atoms with Gasteiger partial charge in [-0.25, -0.2) is 0 Å². The van der Waals surface area contributed by atoms with E-state index in [4.69, 9.17) is 0 Å². The van der Waals surface area contributed by atoms with E-state index in [0.29, 0.717) is 13.1 Å². The largest absolute Gasteiger partial charge is 0.471 e. The zero-order valence-corrected chi connectivity index (χ0v) is 12.2. The van der Waals surface area contributed by atoms with Gasteiger partial charge in [0.2, 0.25) is 5.91 Å². The third-order valence-corrected chi connectivity index (χ3v) is 4.84. The van der Waals surface area contributed by atoms with Crippen molar-refractivity contribution in [2.24, 2.45) is 0 Å². The summed E-state index contributed by atoms with van der Waals surface area (Å²) in [5.41, 5.74) is -1.56. The number of halogens is 3. The molecule has 2 amide bonds. The van der Waals surface area contributed by atoms with Gasteiger partial charge in [0.05, 0.1) is 0 Å². The van der Waals surface area contributed by atoms with Gasteiger partial charge in [0, 0.05) is 24.6 Å². The number of hydrogen-bond acceptors (Lipinski definition) is 4.